The molecule has 0 saturated carbocycles. The van der Waals surface area contributed by atoms with Crippen molar-refractivity contribution < 1.29 is 9.59 Å². The minimum absolute atomic E-state index is 0.307. The van der Waals surface area contributed by atoms with E-state index in [2.05, 4.69) is 29.5 Å². The molecule has 2 amide bonds. The minimum atomic E-state index is -0.715. The van der Waals surface area contributed by atoms with Gasteiger partial charge in [-0.1, -0.05) is 32.0 Å². The second-order valence-corrected chi connectivity index (χ2v) is 5.96. The van der Waals surface area contributed by atoms with Crippen molar-refractivity contribution in [1.82, 2.24) is 4.98 Å². The molecule has 0 fully saturated rings. The zero-order valence-electron chi connectivity index (χ0n) is 12.8. The van der Waals surface area contributed by atoms with Crippen molar-refractivity contribution >= 4 is 34.0 Å². The lowest BCUT2D eigenvalue weighted by Crippen LogP contribution is -2.29. The van der Waals surface area contributed by atoms with E-state index in [4.69, 9.17) is 0 Å². The highest BCUT2D eigenvalue weighted by Gasteiger charge is 2.17. The van der Waals surface area contributed by atoms with Gasteiger partial charge in [-0.25, -0.2) is 4.98 Å². The maximum atomic E-state index is 12.0. The summed E-state index contributed by atoms with van der Waals surface area (Å²) >= 11 is 1.29. The molecule has 2 aromatic rings. The molecule has 0 spiro atoms. The second kappa shape index (κ2) is 7.17. The SMILES string of the molecule is CCC(C)c1ccccc1NC(=O)C(=O)Nc1nc(C)cs1. The summed E-state index contributed by atoms with van der Waals surface area (Å²) in [5, 5.41) is 7.42. The molecule has 2 rings (SSSR count). The highest BCUT2D eigenvalue weighted by atomic mass is 32.1. The average Bonchev–Trinajstić information content (AvgIpc) is 2.92. The average molecular weight is 317 g/mol. The van der Waals surface area contributed by atoms with Crippen LogP contribution in [0.2, 0.25) is 0 Å². The quantitative estimate of drug-likeness (QED) is 0.847. The molecule has 5 nitrogen and oxygen atoms in total. The molecule has 0 saturated heterocycles. The number of nitrogens with one attached hydrogen (secondary N) is 2. The number of nitrogens with zero attached hydrogens (tertiary/aromatic N) is 1. The van der Waals surface area contributed by atoms with Crippen LogP contribution in [0.4, 0.5) is 10.8 Å². The van der Waals surface area contributed by atoms with E-state index in [0.29, 0.717) is 16.7 Å². The van der Waals surface area contributed by atoms with Crippen molar-refractivity contribution in [2.45, 2.75) is 33.1 Å². The van der Waals surface area contributed by atoms with Crippen molar-refractivity contribution in [3.63, 3.8) is 0 Å². The molecule has 0 aliphatic heterocycles. The Hall–Kier alpha value is -2.21. The number of benzene rings is 1. The lowest BCUT2D eigenvalue weighted by molar-refractivity contribution is -0.133. The van der Waals surface area contributed by atoms with Crippen LogP contribution in [0, 0.1) is 6.92 Å². The van der Waals surface area contributed by atoms with Gasteiger partial charge in [0.2, 0.25) is 0 Å². The smallest absolute Gasteiger partial charge is 0.315 e. The molecule has 0 aliphatic rings. The molecule has 6 heteroatoms. The number of aryl methyl sites for hydroxylation is 1. The Bertz CT molecular complexity index is 682. The predicted molar refractivity (Wildman–Crippen MR) is 89.3 cm³/mol. The Morgan fingerprint density at radius 1 is 1.23 bits per heavy atom. The predicted octanol–water partition coefficient (Wildman–Crippen LogP) is 3.54. The van der Waals surface area contributed by atoms with E-state index in [0.717, 1.165) is 17.7 Å². The molecule has 0 radical (unpaired) electrons. The number of hydrogen-bond acceptors (Lipinski definition) is 4. The number of rotatable bonds is 4. The van der Waals surface area contributed by atoms with E-state index < -0.39 is 11.8 Å². The van der Waals surface area contributed by atoms with E-state index in [1.54, 1.807) is 6.07 Å². The Morgan fingerprint density at radius 3 is 2.55 bits per heavy atom. The third-order valence-electron chi connectivity index (χ3n) is 3.40. The summed E-state index contributed by atoms with van der Waals surface area (Å²) in [5.74, 6) is -1.10. The van der Waals surface area contributed by atoms with Crippen LogP contribution in [0.1, 0.15) is 37.4 Å². The molecule has 1 aromatic heterocycles. The van der Waals surface area contributed by atoms with Crippen LogP contribution in [0.5, 0.6) is 0 Å². The second-order valence-electron chi connectivity index (χ2n) is 5.10. The number of thiazole rings is 1. The van der Waals surface area contributed by atoms with Gasteiger partial charge in [-0.05, 0) is 30.9 Å². The lowest BCUT2D eigenvalue weighted by atomic mass is 9.97. The minimum Gasteiger partial charge on any atom is -0.318 e. The molecule has 0 aliphatic carbocycles. The summed E-state index contributed by atoms with van der Waals surface area (Å²) in [4.78, 5) is 28.1. The van der Waals surface area contributed by atoms with Crippen LogP contribution >= 0.6 is 11.3 Å². The van der Waals surface area contributed by atoms with E-state index in [9.17, 15) is 9.59 Å². The van der Waals surface area contributed by atoms with E-state index in [-0.39, 0.29) is 0 Å². The third-order valence-corrected chi connectivity index (χ3v) is 4.27. The molecular formula is C16H19N3O2S. The number of aromatic nitrogens is 1. The summed E-state index contributed by atoms with van der Waals surface area (Å²) in [6.45, 7) is 6.00. The van der Waals surface area contributed by atoms with Gasteiger partial charge in [-0.15, -0.1) is 11.3 Å². The first kappa shape index (κ1) is 16.2. The fourth-order valence-electron chi connectivity index (χ4n) is 2.00. The van der Waals surface area contributed by atoms with Crippen molar-refractivity contribution in [3.05, 3.63) is 40.9 Å². The zero-order valence-corrected chi connectivity index (χ0v) is 13.7. The Kier molecular flexibility index (Phi) is 5.27. The Morgan fingerprint density at radius 2 is 1.91 bits per heavy atom. The van der Waals surface area contributed by atoms with Gasteiger partial charge in [0, 0.05) is 11.1 Å². The maximum absolute atomic E-state index is 12.0. The third kappa shape index (κ3) is 3.92. The van der Waals surface area contributed by atoms with Gasteiger partial charge in [0.25, 0.3) is 0 Å². The van der Waals surface area contributed by atoms with Gasteiger partial charge in [-0.3, -0.25) is 14.9 Å². The fourth-order valence-corrected chi connectivity index (χ4v) is 2.69. The zero-order chi connectivity index (χ0) is 16.1. The summed E-state index contributed by atoms with van der Waals surface area (Å²) < 4.78 is 0. The summed E-state index contributed by atoms with van der Waals surface area (Å²) in [6, 6.07) is 7.53. The fraction of sp³-hybridized carbons (Fsp3) is 0.312. The number of para-hydroxylation sites is 1. The number of anilines is 2. The monoisotopic (exact) mass is 317 g/mol. The molecule has 1 heterocycles. The van der Waals surface area contributed by atoms with E-state index in [1.807, 2.05) is 30.5 Å². The molecule has 22 heavy (non-hydrogen) atoms. The van der Waals surface area contributed by atoms with Crippen LogP contribution in [0.3, 0.4) is 0 Å². The van der Waals surface area contributed by atoms with Crippen molar-refractivity contribution in [2.24, 2.45) is 0 Å². The highest BCUT2D eigenvalue weighted by molar-refractivity contribution is 7.14. The Labute approximate surface area is 133 Å². The number of carbonyl (C=O) groups excluding carboxylic acids is 2. The van der Waals surface area contributed by atoms with Crippen LogP contribution in [0.25, 0.3) is 0 Å². The molecular weight excluding hydrogens is 298 g/mol. The highest BCUT2D eigenvalue weighted by Crippen LogP contribution is 2.26. The Balaban J connectivity index is 2.07. The maximum Gasteiger partial charge on any atom is 0.315 e. The van der Waals surface area contributed by atoms with Crippen LogP contribution in [-0.4, -0.2) is 16.8 Å². The van der Waals surface area contributed by atoms with Crippen LogP contribution in [-0.2, 0) is 9.59 Å². The molecule has 0 bridgehead atoms. The number of carbonyl (C=O) groups is 2. The first-order valence-corrected chi connectivity index (χ1v) is 8.02. The standard InChI is InChI=1S/C16H19N3O2S/c1-4-10(2)12-7-5-6-8-13(12)18-14(20)15(21)19-16-17-11(3)9-22-16/h5-10H,4H2,1-3H3,(H,18,20)(H,17,19,21). The first-order chi connectivity index (χ1) is 10.5. The van der Waals surface area contributed by atoms with Gasteiger partial charge in [0.05, 0.1) is 5.69 Å². The molecule has 1 aromatic carbocycles. The van der Waals surface area contributed by atoms with Crippen LogP contribution in [0.15, 0.2) is 29.6 Å². The molecule has 2 N–H and O–H groups in total. The molecule has 1 atom stereocenters. The van der Waals surface area contributed by atoms with Gasteiger partial charge in [-0.2, -0.15) is 0 Å². The lowest BCUT2D eigenvalue weighted by Gasteiger charge is -2.15. The van der Waals surface area contributed by atoms with Gasteiger partial charge >= 0.3 is 11.8 Å². The number of amides is 2. The van der Waals surface area contributed by atoms with Gasteiger partial charge in [0.1, 0.15) is 0 Å². The molecule has 116 valence electrons. The van der Waals surface area contributed by atoms with Gasteiger partial charge in [0.15, 0.2) is 5.13 Å². The largest absolute Gasteiger partial charge is 0.318 e. The topological polar surface area (TPSA) is 71.1 Å². The summed E-state index contributed by atoms with van der Waals surface area (Å²) in [5.41, 5.74) is 2.51. The molecule has 1 unspecified atom stereocenters. The van der Waals surface area contributed by atoms with E-state index in [1.165, 1.54) is 11.3 Å². The summed E-state index contributed by atoms with van der Waals surface area (Å²) in [6.07, 6.45) is 0.956. The number of hydrogen-bond donors (Lipinski definition) is 2. The van der Waals surface area contributed by atoms with Gasteiger partial charge < -0.3 is 5.32 Å². The van der Waals surface area contributed by atoms with Crippen molar-refractivity contribution in [2.75, 3.05) is 10.6 Å². The van der Waals surface area contributed by atoms with E-state index >= 15 is 0 Å². The first-order valence-electron chi connectivity index (χ1n) is 7.14. The van der Waals surface area contributed by atoms with Crippen LogP contribution < -0.4 is 10.6 Å². The van der Waals surface area contributed by atoms with Crippen molar-refractivity contribution in [3.8, 4) is 0 Å². The van der Waals surface area contributed by atoms with Crippen molar-refractivity contribution in [1.29, 1.82) is 0 Å². The normalized spacial score (nSPS) is 11.8. The summed E-state index contributed by atoms with van der Waals surface area (Å²) in [7, 11) is 0.